The lowest BCUT2D eigenvalue weighted by Gasteiger charge is -2.06. The summed E-state index contributed by atoms with van der Waals surface area (Å²) >= 11 is 7.21. The lowest BCUT2D eigenvalue weighted by molar-refractivity contribution is 0.0950. The molecule has 7 heteroatoms. The number of benzene rings is 1. The Kier molecular flexibility index (Phi) is 4.41. The van der Waals surface area contributed by atoms with E-state index in [1.54, 1.807) is 18.3 Å². The number of hydrogen-bond acceptors (Lipinski definition) is 5. The van der Waals surface area contributed by atoms with Crippen molar-refractivity contribution in [2.45, 2.75) is 6.54 Å². The van der Waals surface area contributed by atoms with Crippen molar-refractivity contribution in [3.8, 4) is 11.3 Å². The van der Waals surface area contributed by atoms with Gasteiger partial charge < -0.3 is 5.32 Å². The standard InChI is InChI=1S/C15H11ClN4OS/c16-14-12(2-1-7-17-14)15(21)18-8-10-3-5-11(6-4-10)13-9-22-20-19-13/h1-7,9H,8H2,(H,18,21). The quantitative estimate of drug-likeness (QED) is 0.746. The third kappa shape index (κ3) is 3.29. The van der Waals surface area contributed by atoms with Crippen molar-refractivity contribution in [3.05, 3.63) is 64.3 Å². The molecule has 110 valence electrons. The normalized spacial score (nSPS) is 10.4. The second-order valence-electron chi connectivity index (χ2n) is 4.51. The van der Waals surface area contributed by atoms with Crippen molar-refractivity contribution in [2.24, 2.45) is 0 Å². The van der Waals surface area contributed by atoms with Gasteiger partial charge in [-0.05, 0) is 29.2 Å². The van der Waals surface area contributed by atoms with Gasteiger partial charge in [0.05, 0.1) is 5.56 Å². The Hall–Kier alpha value is -2.31. The predicted molar refractivity (Wildman–Crippen MR) is 85.8 cm³/mol. The van der Waals surface area contributed by atoms with E-state index in [1.165, 1.54) is 11.5 Å². The molecule has 0 atom stereocenters. The molecule has 3 aromatic rings. The summed E-state index contributed by atoms with van der Waals surface area (Å²) in [5.41, 5.74) is 3.21. The van der Waals surface area contributed by atoms with Crippen LogP contribution in [0.25, 0.3) is 11.3 Å². The fourth-order valence-corrected chi connectivity index (χ4v) is 2.59. The maximum absolute atomic E-state index is 12.0. The van der Waals surface area contributed by atoms with Crippen LogP contribution >= 0.6 is 23.1 Å². The Bertz CT molecular complexity index is 775. The summed E-state index contributed by atoms with van der Waals surface area (Å²) < 4.78 is 3.84. The number of rotatable bonds is 4. The van der Waals surface area contributed by atoms with E-state index in [-0.39, 0.29) is 11.1 Å². The average Bonchev–Trinajstić information content (AvgIpc) is 3.08. The molecule has 0 aliphatic carbocycles. The minimum Gasteiger partial charge on any atom is -0.348 e. The zero-order valence-corrected chi connectivity index (χ0v) is 12.9. The number of carbonyl (C=O) groups is 1. The molecule has 0 radical (unpaired) electrons. The van der Waals surface area contributed by atoms with Crippen LogP contribution in [-0.4, -0.2) is 20.5 Å². The number of nitrogens with one attached hydrogen (secondary N) is 1. The van der Waals surface area contributed by atoms with Crippen LogP contribution in [0, 0.1) is 0 Å². The highest BCUT2D eigenvalue weighted by molar-refractivity contribution is 7.03. The van der Waals surface area contributed by atoms with Crippen LogP contribution in [0.4, 0.5) is 0 Å². The second kappa shape index (κ2) is 6.64. The first-order valence-corrected chi connectivity index (χ1v) is 7.70. The molecule has 2 aromatic heterocycles. The van der Waals surface area contributed by atoms with E-state index < -0.39 is 0 Å². The number of carbonyl (C=O) groups excluding carboxylic acids is 1. The summed E-state index contributed by atoms with van der Waals surface area (Å²) in [4.78, 5) is 15.9. The molecule has 0 saturated heterocycles. The van der Waals surface area contributed by atoms with Gasteiger partial charge in [-0.15, -0.1) is 5.10 Å². The van der Waals surface area contributed by atoms with E-state index in [0.717, 1.165) is 16.8 Å². The van der Waals surface area contributed by atoms with Gasteiger partial charge in [0.1, 0.15) is 10.8 Å². The maximum atomic E-state index is 12.0. The molecule has 0 unspecified atom stereocenters. The summed E-state index contributed by atoms with van der Waals surface area (Å²) in [6.45, 7) is 0.416. The summed E-state index contributed by atoms with van der Waals surface area (Å²) in [5, 5.41) is 8.93. The molecule has 22 heavy (non-hydrogen) atoms. The van der Waals surface area contributed by atoms with Gasteiger partial charge in [-0.2, -0.15) is 0 Å². The SMILES string of the molecule is O=C(NCc1ccc(-c2csnn2)cc1)c1cccnc1Cl. The third-order valence-corrected chi connectivity index (χ3v) is 3.87. The summed E-state index contributed by atoms with van der Waals surface area (Å²) in [6, 6.07) is 11.1. The van der Waals surface area contributed by atoms with Gasteiger partial charge in [0, 0.05) is 23.7 Å². The fourth-order valence-electron chi connectivity index (χ4n) is 1.92. The highest BCUT2D eigenvalue weighted by Gasteiger charge is 2.10. The smallest absolute Gasteiger partial charge is 0.254 e. The van der Waals surface area contributed by atoms with Crippen molar-refractivity contribution in [3.63, 3.8) is 0 Å². The summed E-state index contributed by atoms with van der Waals surface area (Å²) in [7, 11) is 0. The molecule has 0 saturated carbocycles. The first-order chi connectivity index (χ1) is 10.7. The zero-order valence-electron chi connectivity index (χ0n) is 11.4. The van der Waals surface area contributed by atoms with Crippen LogP contribution in [0.3, 0.4) is 0 Å². The number of pyridine rings is 1. The lowest BCUT2D eigenvalue weighted by atomic mass is 10.1. The van der Waals surface area contributed by atoms with Gasteiger partial charge in [-0.3, -0.25) is 4.79 Å². The minimum atomic E-state index is -0.245. The molecule has 0 bridgehead atoms. The molecule has 2 heterocycles. The van der Waals surface area contributed by atoms with E-state index in [0.29, 0.717) is 12.1 Å². The van der Waals surface area contributed by atoms with Crippen LogP contribution in [0.5, 0.6) is 0 Å². The topological polar surface area (TPSA) is 67.8 Å². The zero-order chi connectivity index (χ0) is 15.4. The minimum absolute atomic E-state index is 0.200. The van der Waals surface area contributed by atoms with Crippen molar-refractivity contribution in [2.75, 3.05) is 0 Å². The third-order valence-electron chi connectivity index (χ3n) is 3.07. The lowest BCUT2D eigenvalue weighted by Crippen LogP contribution is -2.23. The van der Waals surface area contributed by atoms with Crippen molar-refractivity contribution in [1.82, 2.24) is 19.9 Å². The number of nitrogens with zero attached hydrogens (tertiary/aromatic N) is 3. The molecule has 1 N–H and O–H groups in total. The summed E-state index contributed by atoms with van der Waals surface area (Å²) in [6.07, 6.45) is 1.55. The van der Waals surface area contributed by atoms with Gasteiger partial charge in [0.25, 0.3) is 5.91 Å². The van der Waals surface area contributed by atoms with E-state index in [1.807, 2.05) is 29.6 Å². The van der Waals surface area contributed by atoms with Crippen LogP contribution in [0.1, 0.15) is 15.9 Å². The Morgan fingerprint density at radius 3 is 2.73 bits per heavy atom. The maximum Gasteiger partial charge on any atom is 0.254 e. The first-order valence-electron chi connectivity index (χ1n) is 6.49. The van der Waals surface area contributed by atoms with Crippen molar-refractivity contribution in [1.29, 1.82) is 0 Å². The number of amides is 1. The second-order valence-corrected chi connectivity index (χ2v) is 5.48. The Balaban J connectivity index is 1.64. The average molecular weight is 331 g/mol. The number of halogens is 1. The van der Waals surface area contributed by atoms with Crippen LogP contribution in [0.2, 0.25) is 5.15 Å². The monoisotopic (exact) mass is 330 g/mol. The molecular weight excluding hydrogens is 320 g/mol. The van der Waals surface area contributed by atoms with E-state index in [2.05, 4.69) is 19.9 Å². The van der Waals surface area contributed by atoms with Gasteiger partial charge >= 0.3 is 0 Å². The van der Waals surface area contributed by atoms with Crippen LogP contribution < -0.4 is 5.32 Å². The van der Waals surface area contributed by atoms with E-state index >= 15 is 0 Å². The summed E-state index contributed by atoms with van der Waals surface area (Å²) in [5.74, 6) is -0.245. The van der Waals surface area contributed by atoms with Gasteiger partial charge in [-0.1, -0.05) is 40.4 Å². The molecule has 3 rings (SSSR count). The Morgan fingerprint density at radius 2 is 2.05 bits per heavy atom. The van der Waals surface area contributed by atoms with E-state index in [4.69, 9.17) is 11.6 Å². The molecule has 0 fully saturated rings. The van der Waals surface area contributed by atoms with Crippen molar-refractivity contribution >= 4 is 29.0 Å². The number of hydrogen-bond donors (Lipinski definition) is 1. The number of aromatic nitrogens is 3. The molecular formula is C15H11ClN4OS. The molecule has 1 amide bonds. The first kappa shape index (κ1) is 14.6. The fraction of sp³-hybridized carbons (Fsp3) is 0.0667. The largest absolute Gasteiger partial charge is 0.348 e. The predicted octanol–water partition coefficient (Wildman–Crippen LogP) is 3.18. The van der Waals surface area contributed by atoms with Crippen molar-refractivity contribution < 1.29 is 4.79 Å². The molecule has 0 spiro atoms. The molecule has 5 nitrogen and oxygen atoms in total. The van der Waals surface area contributed by atoms with Crippen LogP contribution in [0.15, 0.2) is 48.0 Å². The highest BCUT2D eigenvalue weighted by atomic mass is 35.5. The van der Waals surface area contributed by atoms with Gasteiger partial charge in [0.2, 0.25) is 0 Å². The highest BCUT2D eigenvalue weighted by Crippen LogP contribution is 2.18. The molecule has 0 aliphatic rings. The molecule has 1 aromatic carbocycles. The van der Waals surface area contributed by atoms with Crippen LogP contribution in [-0.2, 0) is 6.54 Å². The molecule has 0 aliphatic heterocycles. The Labute approximate surface area is 136 Å². The van der Waals surface area contributed by atoms with E-state index in [9.17, 15) is 4.79 Å². The van der Waals surface area contributed by atoms with Gasteiger partial charge in [0.15, 0.2) is 0 Å². The van der Waals surface area contributed by atoms with Gasteiger partial charge in [-0.25, -0.2) is 4.98 Å². The Morgan fingerprint density at radius 1 is 1.23 bits per heavy atom.